The molecule has 1 aromatic rings. The predicted octanol–water partition coefficient (Wildman–Crippen LogP) is -0.207. The van der Waals surface area contributed by atoms with E-state index in [0.29, 0.717) is 5.69 Å². The molecule has 0 spiro atoms. The molecule has 5 N–H and O–H groups in total. The summed E-state index contributed by atoms with van der Waals surface area (Å²) in [5, 5.41) is 10.1. The van der Waals surface area contributed by atoms with Crippen LogP contribution in [0.25, 0.3) is 5.88 Å². The molecule has 0 fully saturated rings. The van der Waals surface area contributed by atoms with Gasteiger partial charge in [-0.15, -0.1) is 0 Å². The van der Waals surface area contributed by atoms with Crippen molar-refractivity contribution in [1.82, 2.24) is 9.55 Å². The maximum Gasteiger partial charge on any atom is 0.490 e. The molecule has 0 saturated heterocycles. The number of phosphoric ester groups is 1. The Kier molecular flexibility index (Phi) is 7.24. The van der Waals surface area contributed by atoms with Crippen LogP contribution < -0.4 is 5.69 Å². The second kappa shape index (κ2) is 8.69. The lowest BCUT2D eigenvalue weighted by molar-refractivity contribution is -0.0803. The molecule has 170 valence electrons. The van der Waals surface area contributed by atoms with E-state index in [-0.39, 0.29) is 5.88 Å². The zero-order valence-electron chi connectivity index (χ0n) is 14.8. The third-order valence-corrected chi connectivity index (χ3v) is 7.22. The Hall–Kier alpha value is -1.28. The van der Waals surface area contributed by atoms with Gasteiger partial charge in [0.15, 0.2) is 5.60 Å². The average molecular weight is 496 g/mol. The van der Waals surface area contributed by atoms with Crippen LogP contribution in [0.4, 0.5) is 4.39 Å². The molecule has 0 bridgehead atoms. The number of hydrogen-bond donors (Lipinski definition) is 5. The van der Waals surface area contributed by atoms with E-state index in [1.807, 2.05) is 0 Å². The zero-order chi connectivity index (χ0) is 23.0. The smallest absolute Gasteiger partial charge is 0.464 e. The number of aryl methyl sites for hydroxylation is 1. The van der Waals surface area contributed by atoms with Crippen LogP contribution in [0, 0.1) is 6.92 Å². The lowest BCUT2D eigenvalue weighted by atomic mass is 10.0. The summed E-state index contributed by atoms with van der Waals surface area (Å²) in [4.78, 5) is 51.0. The van der Waals surface area contributed by atoms with Crippen molar-refractivity contribution >= 4 is 29.4 Å². The number of ether oxygens (including phenoxy) is 1. The Morgan fingerprint density at radius 1 is 1.23 bits per heavy atom. The molecule has 0 amide bonds. The quantitative estimate of drug-likeness (QED) is 0.279. The van der Waals surface area contributed by atoms with Crippen molar-refractivity contribution < 1.29 is 60.6 Å². The summed E-state index contributed by atoms with van der Waals surface area (Å²) < 4.78 is 64.7. The van der Waals surface area contributed by atoms with Crippen molar-refractivity contribution in [1.29, 1.82) is 0 Å². The first-order valence-electron chi connectivity index (χ1n) is 7.58. The van der Waals surface area contributed by atoms with Gasteiger partial charge in [-0.05, 0) is 13.0 Å². The number of rotatable bonds is 9. The van der Waals surface area contributed by atoms with Gasteiger partial charge in [0.2, 0.25) is 5.88 Å². The number of halogens is 1. The molecule has 2 heterocycles. The van der Waals surface area contributed by atoms with E-state index < -0.39 is 54.1 Å². The number of phosphoric acid groups is 3. The van der Waals surface area contributed by atoms with Crippen LogP contribution in [0.2, 0.25) is 0 Å². The number of aliphatic hydroxyl groups is 1. The van der Waals surface area contributed by atoms with Crippen LogP contribution in [0.1, 0.15) is 5.69 Å². The van der Waals surface area contributed by atoms with Crippen LogP contribution in [0.5, 0.6) is 0 Å². The van der Waals surface area contributed by atoms with Crippen LogP contribution in [-0.2, 0) is 31.6 Å². The average Bonchev–Trinajstić information content (AvgIpc) is 2.86. The fraction of sp³-hybridized carbons (Fsp3) is 0.455. The molecule has 1 aliphatic heterocycles. The van der Waals surface area contributed by atoms with Gasteiger partial charge in [0.1, 0.15) is 19.4 Å². The molecule has 0 aromatic carbocycles. The summed E-state index contributed by atoms with van der Waals surface area (Å²) in [5.41, 5.74) is -2.85. The van der Waals surface area contributed by atoms with Crippen molar-refractivity contribution in [3.63, 3.8) is 0 Å². The highest BCUT2D eigenvalue weighted by molar-refractivity contribution is 7.66. The van der Waals surface area contributed by atoms with E-state index >= 15 is 0 Å². The second-order valence-electron chi connectivity index (χ2n) is 5.84. The fourth-order valence-electron chi connectivity index (χ4n) is 2.13. The van der Waals surface area contributed by atoms with E-state index in [1.54, 1.807) is 0 Å². The molecule has 4 atom stereocenters. The summed E-state index contributed by atoms with van der Waals surface area (Å²) in [6.07, 6.45) is 0.274. The van der Waals surface area contributed by atoms with Crippen LogP contribution in [0.15, 0.2) is 23.1 Å². The molecule has 1 aliphatic rings. The zero-order valence-corrected chi connectivity index (χ0v) is 17.5. The lowest BCUT2D eigenvalue weighted by Gasteiger charge is -2.30. The highest BCUT2D eigenvalue weighted by atomic mass is 31.3. The topological polar surface area (TPSA) is 224 Å². The summed E-state index contributed by atoms with van der Waals surface area (Å²) >= 11 is 0. The summed E-state index contributed by atoms with van der Waals surface area (Å²) in [6.45, 7) is -1.26. The van der Waals surface area contributed by atoms with Crippen LogP contribution >= 0.6 is 23.5 Å². The number of aliphatic hydroxyl groups excluding tert-OH is 1. The largest absolute Gasteiger partial charge is 0.490 e. The first-order chi connectivity index (χ1) is 13.6. The fourth-order valence-corrected chi connectivity index (χ4v) is 5.21. The highest BCUT2D eigenvalue weighted by Gasteiger charge is 2.49. The lowest BCUT2D eigenvalue weighted by Crippen LogP contribution is -2.46. The van der Waals surface area contributed by atoms with E-state index in [9.17, 15) is 32.9 Å². The van der Waals surface area contributed by atoms with Crippen molar-refractivity contribution in [2.75, 3.05) is 13.3 Å². The molecular formula is C11H16FN2O13P3. The third kappa shape index (κ3) is 6.36. The molecule has 0 saturated carbocycles. The normalized spacial score (nSPS) is 25.8. The van der Waals surface area contributed by atoms with Crippen LogP contribution in [0.3, 0.4) is 0 Å². The molecule has 2 rings (SSSR count). The molecule has 19 heteroatoms. The summed E-state index contributed by atoms with van der Waals surface area (Å²) in [7, 11) is -17.0. The predicted molar refractivity (Wildman–Crippen MR) is 93.1 cm³/mol. The first kappa shape index (κ1) is 25.0. The van der Waals surface area contributed by atoms with E-state index in [1.165, 1.54) is 19.2 Å². The second-order valence-corrected chi connectivity index (χ2v) is 10.3. The van der Waals surface area contributed by atoms with E-state index in [4.69, 9.17) is 19.4 Å². The molecule has 0 aliphatic carbocycles. The molecule has 2 unspecified atom stereocenters. The number of aromatic nitrogens is 2. The van der Waals surface area contributed by atoms with Crippen LogP contribution in [-0.4, -0.2) is 59.2 Å². The number of alkyl halides is 1. The summed E-state index contributed by atoms with van der Waals surface area (Å²) in [5.74, 6) is -0.382. The van der Waals surface area contributed by atoms with E-state index in [2.05, 4.69) is 18.1 Å². The number of nitrogens with zero attached hydrogens (tertiary/aromatic N) is 2. The van der Waals surface area contributed by atoms with Crippen molar-refractivity contribution in [3.05, 3.63) is 34.5 Å². The molecule has 0 radical (unpaired) electrons. The van der Waals surface area contributed by atoms with Gasteiger partial charge < -0.3 is 29.4 Å². The Labute approximate surface area is 166 Å². The van der Waals surface area contributed by atoms with Gasteiger partial charge in [-0.3, -0.25) is 4.52 Å². The van der Waals surface area contributed by atoms with Crippen molar-refractivity contribution in [2.24, 2.45) is 0 Å². The van der Waals surface area contributed by atoms with Crippen molar-refractivity contribution in [2.45, 2.75) is 18.6 Å². The van der Waals surface area contributed by atoms with Gasteiger partial charge in [0, 0.05) is 18.0 Å². The minimum Gasteiger partial charge on any atom is -0.464 e. The maximum atomic E-state index is 13.6. The first-order valence-corrected chi connectivity index (χ1v) is 12.1. The Bertz CT molecular complexity index is 1040. The van der Waals surface area contributed by atoms with Gasteiger partial charge in [-0.25, -0.2) is 27.4 Å². The molecule has 15 nitrogen and oxygen atoms in total. The van der Waals surface area contributed by atoms with Gasteiger partial charge in [-0.2, -0.15) is 13.6 Å². The van der Waals surface area contributed by atoms with Crippen molar-refractivity contribution in [3.8, 4) is 0 Å². The SMILES string of the molecule is Cc1ccn(C2=C[C@H](O)[C@@](CF)(COP(=O)(O)OP(=O)(O)OP(=O)(O)O)O2)c(=O)n1. The minimum atomic E-state index is -5.78. The van der Waals surface area contributed by atoms with Gasteiger partial charge >= 0.3 is 29.2 Å². The minimum absolute atomic E-state index is 0.361. The number of hydrogen-bond acceptors (Lipinski definition) is 10. The van der Waals surface area contributed by atoms with Gasteiger partial charge in [0.05, 0.1) is 0 Å². The standard InChI is InChI=1S/C11H16FN2O13P3/c1-7-2-3-14(10(16)13-7)9-4-8(15)11(5-12,25-9)6-24-29(20,21)27-30(22,23)26-28(17,18)19/h2-4,8,15H,5-6H2,1H3,(H,20,21)(H,22,23)(H2,17,18,19)/t8-,11+/m0/s1. The maximum absolute atomic E-state index is 13.6. The van der Waals surface area contributed by atoms with Gasteiger partial charge in [-0.1, -0.05) is 0 Å². The Morgan fingerprint density at radius 3 is 2.40 bits per heavy atom. The molecular weight excluding hydrogens is 480 g/mol. The molecule has 1 aromatic heterocycles. The van der Waals surface area contributed by atoms with Gasteiger partial charge in [0.25, 0.3) is 0 Å². The Morgan fingerprint density at radius 2 is 1.87 bits per heavy atom. The summed E-state index contributed by atoms with van der Waals surface area (Å²) in [6, 6.07) is 1.40. The third-order valence-electron chi connectivity index (χ3n) is 3.44. The van der Waals surface area contributed by atoms with E-state index in [0.717, 1.165) is 10.6 Å². The monoisotopic (exact) mass is 496 g/mol. The highest BCUT2D eigenvalue weighted by Crippen LogP contribution is 2.66. The molecule has 30 heavy (non-hydrogen) atoms. The Balaban J connectivity index is 2.15.